The van der Waals surface area contributed by atoms with Crippen LogP contribution >= 0.6 is 0 Å². The van der Waals surface area contributed by atoms with Crippen LogP contribution < -0.4 is 5.73 Å². The summed E-state index contributed by atoms with van der Waals surface area (Å²) in [6.45, 7) is -0.218. The van der Waals surface area contributed by atoms with Crippen LogP contribution in [0.3, 0.4) is 0 Å². The van der Waals surface area contributed by atoms with Crippen LogP contribution in [0.1, 0.15) is 50.2 Å². The Morgan fingerprint density at radius 1 is 0.864 bits per heavy atom. The molecule has 1 fully saturated rings. The van der Waals surface area contributed by atoms with Crippen molar-refractivity contribution in [1.29, 1.82) is 0 Å². The number of amides is 2. The highest BCUT2D eigenvalue weighted by molar-refractivity contribution is 7.92. The normalized spacial score (nSPS) is 20.6. The minimum atomic E-state index is -6.38. The first kappa shape index (κ1) is 31.4. The summed E-state index contributed by atoms with van der Waals surface area (Å²) in [5.41, 5.74) is -2.70. The van der Waals surface area contributed by atoms with E-state index < -0.39 is 66.7 Å². The first-order valence-corrected chi connectivity index (χ1v) is 14.5. The number of carbonyl (C=O) groups excluding carboxylic acids is 2. The van der Waals surface area contributed by atoms with Crippen molar-refractivity contribution in [3.8, 4) is 0 Å². The maximum atomic E-state index is 15.0. The molecule has 0 aromatic heterocycles. The van der Waals surface area contributed by atoms with Gasteiger partial charge in [-0.25, -0.2) is 17.2 Å². The smallest absolute Gasteiger partial charge is 0.366 e. The number of rotatable bonds is 5. The van der Waals surface area contributed by atoms with Gasteiger partial charge >= 0.3 is 18.0 Å². The lowest BCUT2D eigenvalue weighted by atomic mass is 9.76. The van der Waals surface area contributed by atoms with E-state index in [0.29, 0.717) is 6.07 Å². The van der Waals surface area contributed by atoms with Gasteiger partial charge < -0.3 is 10.6 Å². The number of nitrogens with two attached hydrogens (primary N) is 1. The van der Waals surface area contributed by atoms with E-state index in [-0.39, 0.29) is 54.1 Å². The standard InChI is InChI=1S/C29H22F8N2O4S/c30-20-6-8-21(9-7-20)44(42,43)26-12-13-39(25(41)18-3-1-2-17(14-18)24(38)40)23(26)11-4-16-15-19(5-10-22(16)26)27(31,28(32,33)34)29(35,36)37/h1-3,5-10,14-15,23H,4,11-13H2,(H2,38,40)/t23-,26-/m0/s1. The molecule has 44 heavy (non-hydrogen) atoms. The van der Waals surface area contributed by atoms with Crippen LogP contribution in [-0.2, 0) is 26.7 Å². The molecule has 1 saturated heterocycles. The van der Waals surface area contributed by atoms with Gasteiger partial charge in [0.2, 0.25) is 5.91 Å². The predicted octanol–water partition coefficient (Wildman–Crippen LogP) is 5.74. The van der Waals surface area contributed by atoms with Crippen LogP contribution in [0.5, 0.6) is 0 Å². The molecule has 0 unspecified atom stereocenters. The van der Waals surface area contributed by atoms with Gasteiger partial charge in [0, 0.05) is 23.2 Å². The molecule has 0 radical (unpaired) electrons. The molecule has 1 aliphatic carbocycles. The van der Waals surface area contributed by atoms with Gasteiger partial charge in [-0.3, -0.25) is 9.59 Å². The van der Waals surface area contributed by atoms with Crippen molar-refractivity contribution in [2.24, 2.45) is 5.73 Å². The number of likely N-dealkylation sites (tertiary alicyclic amines) is 1. The van der Waals surface area contributed by atoms with E-state index in [2.05, 4.69) is 0 Å². The molecule has 2 amide bonds. The molecule has 0 spiro atoms. The highest BCUT2D eigenvalue weighted by Gasteiger charge is 2.73. The number of halogens is 8. The lowest BCUT2D eigenvalue weighted by Gasteiger charge is -2.43. The van der Waals surface area contributed by atoms with E-state index >= 15 is 0 Å². The number of hydrogen-bond acceptors (Lipinski definition) is 4. The number of fused-ring (bicyclic) bond motifs is 3. The molecule has 1 aliphatic heterocycles. The Balaban J connectivity index is 1.70. The lowest BCUT2D eigenvalue weighted by molar-refractivity contribution is -0.348. The first-order chi connectivity index (χ1) is 20.4. The number of benzene rings is 3. The van der Waals surface area contributed by atoms with Crippen molar-refractivity contribution in [3.05, 3.63) is 100 Å². The summed E-state index contributed by atoms with van der Waals surface area (Å²) in [7, 11) is -4.64. The summed E-state index contributed by atoms with van der Waals surface area (Å²) in [6.07, 6.45) is -13.7. The van der Waals surface area contributed by atoms with Gasteiger partial charge in [-0.05, 0) is 72.9 Å². The molecule has 15 heteroatoms. The van der Waals surface area contributed by atoms with Gasteiger partial charge in [0.15, 0.2) is 9.84 Å². The lowest BCUT2D eigenvalue weighted by Crippen LogP contribution is -2.53. The molecule has 0 saturated carbocycles. The van der Waals surface area contributed by atoms with Crippen molar-refractivity contribution >= 4 is 21.7 Å². The number of alkyl halides is 7. The van der Waals surface area contributed by atoms with E-state index in [1.54, 1.807) is 0 Å². The van der Waals surface area contributed by atoms with Crippen molar-refractivity contribution in [3.63, 3.8) is 0 Å². The predicted molar refractivity (Wildman–Crippen MR) is 139 cm³/mol. The highest BCUT2D eigenvalue weighted by Crippen LogP contribution is 2.56. The maximum Gasteiger partial charge on any atom is 0.435 e. The highest BCUT2D eigenvalue weighted by atomic mass is 32.2. The molecular formula is C29H22F8N2O4S. The van der Waals surface area contributed by atoms with E-state index in [0.717, 1.165) is 30.3 Å². The summed E-state index contributed by atoms with van der Waals surface area (Å²) in [4.78, 5) is 26.2. The number of sulfone groups is 1. The van der Waals surface area contributed by atoms with Crippen LogP contribution in [0.15, 0.2) is 71.6 Å². The fraction of sp³-hybridized carbons (Fsp3) is 0.310. The summed E-state index contributed by atoms with van der Waals surface area (Å²) < 4.78 is 137. The van der Waals surface area contributed by atoms with Crippen LogP contribution in [-0.4, -0.2) is 50.1 Å². The molecule has 2 atom stereocenters. The van der Waals surface area contributed by atoms with E-state index in [1.165, 1.54) is 29.2 Å². The number of primary amides is 1. The Kier molecular flexibility index (Phi) is 7.34. The SMILES string of the molecule is NC(=O)c1cccc(C(=O)N2CC[C@]3(S(=O)(=O)c4ccc(F)cc4)c4ccc(C(F)(C(F)(F)F)C(F)(F)F)cc4CC[C@H]23)c1. The van der Waals surface area contributed by atoms with E-state index in [4.69, 9.17) is 5.73 Å². The quantitative estimate of drug-likeness (QED) is 0.282. The molecule has 234 valence electrons. The third-order valence-corrected chi connectivity index (χ3v) is 10.9. The monoisotopic (exact) mass is 646 g/mol. The molecule has 2 aliphatic rings. The summed E-state index contributed by atoms with van der Waals surface area (Å²) in [5.74, 6) is -2.31. The van der Waals surface area contributed by atoms with Gasteiger partial charge in [-0.15, -0.1) is 0 Å². The van der Waals surface area contributed by atoms with Crippen LogP contribution in [0.2, 0.25) is 0 Å². The van der Waals surface area contributed by atoms with Gasteiger partial charge in [0.1, 0.15) is 10.6 Å². The van der Waals surface area contributed by atoms with Gasteiger partial charge in [0.25, 0.3) is 5.91 Å². The first-order valence-electron chi connectivity index (χ1n) is 13.0. The van der Waals surface area contributed by atoms with Gasteiger partial charge in [0.05, 0.1) is 10.9 Å². The number of hydrogen-bond donors (Lipinski definition) is 1. The Morgan fingerprint density at radius 3 is 2.07 bits per heavy atom. The van der Waals surface area contributed by atoms with Gasteiger partial charge in [-0.2, -0.15) is 26.3 Å². The number of nitrogens with zero attached hydrogens (tertiary/aromatic N) is 1. The Bertz CT molecular complexity index is 1740. The summed E-state index contributed by atoms with van der Waals surface area (Å²) >= 11 is 0. The molecule has 5 rings (SSSR count). The topological polar surface area (TPSA) is 97.5 Å². The molecule has 2 N–H and O–H groups in total. The Labute approximate surface area is 245 Å². The van der Waals surface area contributed by atoms with Gasteiger partial charge in [-0.1, -0.05) is 24.3 Å². The van der Waals surface area contributed by atoms with E-state index in [1.807, 2.05) is 0 Å². The van der Waals surface area contributed by atoms with Crippen molar-refractivity contribution in [1.82, 2.24) is 4.90 Å². The zero-order chi connectivity index (χ0) is 32.5. The Morgan fingerprint density at radius 2 is 1.48 bits per heavy atom. The second-order valence-corrected chi connectivity index (χ2v) is 12.8. The Hall–Kier alpha value is -4.01. The van der Waals surface area contributed by atoms with Crippen LogP contribution in [0.25, 0.3) is 0 Å². The molecule has 1 heterocycles. The third kappa shape index (κ3) is 4.54. The van der Waals surface area contributed by atoms with Crippen LogP contribution in [0.4, 0.5) is 35.1 Å². The second kappa shape index (κ2) is 10.3. The van der Waals surface area contributed by atoms with Crippen molar-refractivity contribution in [2.75, 3.05) is 6.54 Å². The third-order valence-electron chi connectivity index (χ3n) is 8.32. The van der Waals surface area contributed by atoms with E-state index in [9.17, 15) is 53.1 Å². The summed E-state index contributed by atoms with van der Waals surface area (Å²) in [5, 5.41) is 0. The summed E-state index contributed by atoms with van der Waals surface area (Å²) in [6, 6.07) is 9.11. The second-order valence-electron chi connectivity index (χ2n) is 10.6. The fourth-order valence-corrected chi connectivity index (χ4v) is 8.64. The minimum Gasteiger partial charge on any atom is -0.366 e. The molecule has 3 aromatic rings. The van der Waals surface area contributed by atoms with Crippen molar-refractivity contribution < 1.29 is 53.1 Å². The number of carbonyl (C=O) groups is 2. The molecular weight excluding hydrogens is 624 g/mol. The number of aryl methyl sites for hydroxylation is 1. The average molecular weight is 647 g/mol. The largest absolute Gasteiger partial charge is 0.435 e. The maximum absolute atomic E-state index is 15.0. The molecule has 0 bridgehead atoms. The molecule has 3 aromatic carbocycles. The van der Waals surface area contributed by atoms with Crippen molar-refractivity contribution in [2.45, 2.75) is 53.0 Å². The zero-order valence-electron chi connectivity index (χ0n) is 22.3. The fourth-order valence-electron chi connectivity index (χ4n) is 6.27. The average Bonchev–Trinajstić information content (AvgIpc) is 3.37. The zero-order valence-corrected chi connectivity index (χ0v) is 23.2. The minimum absolute atomic E-state index is 0.00852. The molecule has 6 nitrogen and oxygen atoms in total. The van der Waals surface area contributed by atoms with Crippen LogP contribution in [0, 0.1) is 5.82 Å².